The Morgan fingerprint density at radius 3 is 2.32 bits per heavy atom. The van der Waals surface area contributed by atoms with Gasteiger partial charge in [0.1, 0.15) is 18.1 Å². The molecule has 0 unspecified atom stereocenters. The first-order chi connectivity index (χ1) is 13.5. The van der Waals surface area contributed by atoms with Crippen molar-refractivity contribution in [3.05, 3.63) is 89.4 Å². The van der Waals surface area contributed by atoms with E-state index < -0.39 is 17.6 Å². The van der Waals surface area contributed by atoms with E-state index >= 15 is 0 Å². The van der Waals surface area contributed by atoms with Crippen LogP contribution in [0.15, 0.2) is 71.1 Å². The highest BCUT2D eigenvalue weighted by Gasteiger charge is 2.18. The van der Waals surface area contributed by atoms with Gasteiger partial charge in [-0.3, -0.25) is 25.2 Å². The van der Waals surface area contributed by atoms with Crippen molar-refractivity contribution in [3.8, 4) is 5.75 Å². The molecule has 0 aliphatic rings. The zero-order valence-electron chi connectivity index (χ0n) is 15.1. The van der Waals surface area contributed by atoms with E-state index in [9.17, 15) is 14.4 Å². The summed E-state index contributed by atoms with van der Waals surface area (Å²) in [5.74, 6) is -1.29. The maximum Gasteiger partial charge on any atom is 0.310 e. The molecular weight excluding hydrogens is 360 g/mol. The molecular formula is C21H18N2O5. The number of hydrogen-bond acceptors (Lipinski definition) is 5. The number of ether oxygens (including phenoxy) is 1. The summed E-state index contributed by atoms with van der Waals surface area (Å²) < 4.78 is 10.9. The van der Waals surface area contributed by atoms with Gasteiger partial charge in [0.05, 0.1) is 0 Å². The van der Waals surface area contributed by atoms with Crippen LogP contribution in [0.3, 0.4) is 0 Å². The number of nitrogens with one attached hydrogen (secondary N) is 2. The third-order valence-electron chi connectivity index (χ3n) is 3.82. The van der Waals surface area contributed by atoms with Crippen LogP contribution in [-0.4, -0.2) is 17.6 Å². The van der Waals surface area contributed by atoms with Gasteiger partial charge in [-0.1, -0.05) is 48.0 Å². The number of hydrazine groups is 1. The number of aryl methyl sites for hydroxylation is 1. The Bertz CT molecular complexity index is 978. The van der Waals surface area contributed by atoms with E-state index in [0.717, 1.165) is 5.56 Å². The summed E-state index contributed by atoms with van der Waals surface area (Å²) in [5, 5.41) is 0. The molecule has 0 saturated heterocycles. The van der Waals surface area contributed by atoms with Crippen molar-refractivity contribution >= 4 is 17.6 Å². The highest BCUT2D eigenvalue weighted by atomic mass is 16.5. The van der Waals surface area contributed by atoms with Crippen molar-refractivity contribution < 1.29 is 23.5 Å². The van der Waals surface area contributed by atoms with Crippen molar-refractivity contribution in [3.63, 3.8) is 0 Å². The minimum atomic E-state index is -0.948. The minimum Gasteiger partial charge on any atom is -0.486 e. The summed E-state index contributed by atoms with van der Waals surface area (Å²) >= 11 is 0. The summed E-state index contributed by atoms with van der Waals surface area (Å²) in [6.07, 6.45) is 0. The van der Waals surface area contributed by atoms with Gasteiger partial charge in [0, 0.05) is 5.56 Å². The van der Waals surface area contributed by atoms with Gasteiger partial charge in [-0.05, 0) is 31.2 Å². The third-order valence-corrected chi connectivity index (χ3v) is 3.82. The first-order valence-electron chi connectivity index (χ1n) is 8.51. The zero-order chi connectivity index (χ0) is 19.9. The second-order valence-corrected chi connectivity index (χ2v) is 5.97. The number of hydrogen-bond donors (Lipinski definition) is 2. The van der Waals surface area contributed by atoms with Gasteiger partial charge in [0.2, 0.25) is 0 Å². The molecule has 3 aromatic rings. The maximum absolute atomic E-state index is 12.1. The van der Waals surface area contributed by atoms with E-state index in [-0.39, 0.29) is 17.9 Å². The van der Waals surface area contributed by atoms with Crippen LogP contribution in [-0.2, 0) is 11.4 Å². The number of furan rings is 1. The van der Waals surface area contributed by atoms with E-state index in [1.54, 1.807) is 42.5 Å². The normalized spacial score (nSPS) is 10.2. The number of carbonyl (C=O) groups excluding carboxylic acids is 3. The SMILES string of the molecule is Cc1ccc(C(=O)C(=O)NNC(=O)c2ccc(COc3ccccc3)o2)cc1. The van der Waals surface area contributed by atoms with Gasteiger partial charge in [0.15, 0.2) is 5.76 Å². The van der Waals surface area contributed by atoms with Crippen LogP contribution < -0.4 is 15.6 Å². The Hall–Kier alpha value is -3.87. The molecule has 2 amide bonds. The average molecular weight is 378 g/mol. The Balaban J connectivity index is 1.50. The highest BCUT2D eigenvalue weighted by Crippen LogP contribution is 2.13. The molecule has 2 N–H and O–H groups in total. The summed E-state index contributed by atoms with van der Waals surface area (Å²) in [5.41, 5.74) is 5.44. The molecule has 0 spiro atoms. The van der Waals surface area contributed by atoms with Gasteiger partial charge in [-0.2, -0.15) is 0 Å². The average Bonchev–Trinajstić information content (AvgIpc) is 3.20. The molecule has 0 fully saturated rings. The summed E-state index contributed by atoms with van der Waals surface area (Å²) in [7, 11) is 0. The van der Waals surface area contributed by atoms with Crippen LogP contribution in [0.1, 0.15) is 32.2 Å². The second kappa shape index (κ2) is 8.68. The number of para-hydroxylation sites is 1. The quantitative estimate of drug-likeness (QED) is 0.390. The summed E-state index contributed by atoms with van der Waals surface area (Å²) in [6.45, 7) is 2.02. The van der Waals surface area contributed by atoms with E-state index in [1.807, 2.05) is 25.1 Å². The molecule has 1 heterocycles. The van der Waals surface area contributed by atoms with Gasteiger partial charge < -0.3 is 9.15 Å². The fourth-order valence-electron chi connectivity index (χ4n) is 2.32. The Kier molecular flexibility index (Phi) is 5.86. The van der Waals surface area contributed by atoms with Gasteiger partial charge in [-0.25, -0.2) is 0 Å². The third kappa shape index (κ3) is 4.85. The number of ketones is 1. The number of rotatable bonds is 6. The predicted molar refractivity (Wildman–Crippen MR) is 101 cm³/mol. The van der Waals surface area contributed by atoms with Crippen LogP contribution in [0.4, 0.5) is 0 Å². The minimum absolute atomic E-state index is 0.0188. The molecule has 0 saturated carbocycles. The molecule has 2 aromatic carbocycles. The number of Topliss-reactive ketones (excluding diaryl/α,β-unsaturated/α-hetero) is 1. The Morgan fingerprint density at radius 2 is 1.61 bits per heavy atom. The monoisotopic (exact) mass is 378 g/mol. The van der Waals surface area contributed by atoms with Crippen molar-refractivity contribution in [1.82, 2.24) is 10.9 Å². The lowest BCUT2D eigenvalue weighted by Crippen LogP contribution is -2.44. The molecule has 0 radical (unpaired) electrons. The Labute approximate surface area is 161 Å². The maximum atomic E-state index is 12.1. The lowest BCUT2D eigenvalue weighted by Gasteiger charge is -2.06. The summed E-state index contributed by atoms with van der Waals surface area (Å²) in [4.78, 5) is 36.0. The van der Waals surface area contributed by atoms with Crippen molar-refractivity contribution in [2.24, 2.45) is 0 Å². The van der Waals surface area contributed by atoms with Crippen LogP contribution in [0.25, 0.3) is 0 Å². The van der Waals surface area contributed by atoms with Crippen molar-refractivity contribution in [1.29, 1.82) is 0 Å². The van der Waals surface area contributed by atoms with E-state index in [2.05, 4.69) is 10.9 Å². The Morgan fingerprint density at radius 1 is 0.893 bits per heavy atom. The lowest BCUT2D eigenvalue weighted by molar-refractivity contribution is -0.117. The largest absolute Gasteiger partial charge is 0.486 e. The van der Waals surface area contributed by atoms with Crippen LogP contribution in [0.2, 0.25) is 0 Å². The van der Waals surface area contributed by atoms with E-state index in [0.29, 0.717) is 11.5 Å². The van der Waals surface area contributed by atoms with Crippen LogP contribution >= 0.6 is 0 Å². The van der Waals surface area contributed by atoms with Gasteiger partial charge in [-0.15, -0.1) is 0 Å². The fourth-order valence-corrected chi connectivity index (χ4v) is 2.32. The predicted octanol–water partition coefficient (Wildman–Crippen LogP) is 2.81. The molecule has 0 aliphatic heterocycles. The lowest BCUT2D eigenvalue weighted by atomic mass is 10.1. The molecule has 1 aromatic heterocycles. The molecule has 28 heavy (non-hydrogen) atoms. The number of benzene rings is 2. The molecule has 142 valence electrons. The number of amides is 2. The zero-order valence-corrected chi connectivity index (χ0v) is 15.1. The summed E-state index contributed by atoms with van der Waals surface area (Å²) in [6, 6.07) is 18.8. The van der Waals surface area contributed by atoms with Gasteiger partial charge >= 0.3 is 11.8 Å². The number of carbonyl (C=O) groups is 3. The molecule has 0 atom stereocenters. The first-order valence-corrected chi connectivity index (χ1v) is 8.51. The van der Waals surface area contributed by atoms with Gasteiger partial charge in [0.25, 0.3) is 5.78 Å². The molecule has 7 heteroatoms. The molecule has 0 aliphatic carbocycles. The second-order valence-electron chi connectivity index (χ2n) is 5.97. The fraction of sp³-hybridized carbons (Fsp3) is 0.0952. The van der Waals surface area contributed by atoms with Crippen molar-refractivity contribution in [2.45, 2.75) is 13.5 Å². The van der Waals surface area contributed by atoms with Crippen molar-refractivity contribution in [2.75, 3.05) is 0 Å². The highest BCUT2D eigenvalue weighted by molar-refractivity contribution is 6.42. The first kappa shape index (κ1) is 18.9. The standard InChI is InChI=1S/C21H18N2O5/c1-14-7-9-15(10-8-14)19(24)21(26)23-22-20(25)18-12-11-17(28-18)13-27-16-5-3-2-4-6-16/h2-12H,13H2,1H3,(H,22,25)(H,23,26). The van der Waals surface area contributed by atoms with E-state index in [4.69, 9.17) is 9.15 Å². The van der Waals surface area contributed by atoms with Crippen LogP contribution in [0, 0.1) is 6.92 Å². The molecule has 7 nitrogen and oxygen atoms in total. The smallest absolute Gasteiger partial charge is 0.310 e. The molecule has 3 rings (SSSR count). The van der Waals surface area contributed by atoms with Crippen LogP contribution in [0.5, 0.6) is 5.75 Å². The topological polar surface area (TPSA) is 97.6 Å². The molecule has 0 bridgehead atoms. The van der Waals surface area contributed by atoms with E-state index in [1.165, 1.54) is 6.07 Å².